The van der Waals surface area contributed by atoms with Gasteiger partial charge in [0.1, 0.15) is 11.5 Å². The van der Waals surface area contributed by atoms with E-state index in [-0.39, 0.29) is 0 Å². The summed E-state index contributed by atoms with van der Waals surface area (Å²) in [6.45, 7) is 7.30. The second kappa shape index (κ2) is 7.11. The van der Waals surface area contributed by atoms with Gasteiger partial charge >= 0.3 is 0 Å². The molecule has 1 aliphatic rings. The van der Waals surface area contributed by atoms with E-state index < -0.39 is 0 Å². The van der Waals surface area contributed by atoms with Crippen LogP contribution in [0.25, 0.3) is 0 Å². The molecule has 1 aliphatic carbocycles. The Labute approximate surface area is 117 Å². The highest BCUT2D eigenvalue weighted by Crippen LogP contribution is 2.25. The smallest absolute Gasteiger partial charge is 0.120 e. The minimum absolute atomic E-state index is 0.761. The van der Waals surface area contributed by atoms with Gasteiger partial charge < -0.3 is 9.73 Å². The Morgan fingerprint density at radius 2 is 2.05 bits per heavy atom. The number of furan rings is 1. The van der Waals surface area contributed by atoms with Crippen LogP contribution in [-0.4, -0.2) is 24.5 Å². The first-order valence-corrected chi connectivity index (χ1v) is 7.71. The van der Waals surface area contributed by atoms with Crippen molar-refractivity contribution in [3.8, 4) is 0 Å². The summed E-state index contributed by atoms with van der Waals surface area (Å²) in [7, 11) is 1.96. The fourth-order valence-corrected chi connectivity index (χ4v) is 3.15. The minimum atomic E-state index is 0.761. The molecule has 0 spiro atoms. The van der Waals surface area contributed by atoms with Crippen LogP contribution in [0.3, 0.4) is 0 Å². The molecule has 0 saturated heterocycles. The van der Waals surface area contributed by atoms with Crippen LogP contribution in [0.5, 0.6) is 0 Å². The van der Waals surface area contributed by atoms with E-state index in [4.69, 9.17) is 4.42 Å². The summed E-state index contributed by atoms with van der Waals surface area (Å²) in [5, 5.41) is 3.16. The Kier molecular flexibility index (Phi) is 5.46. The molecule has 3 nitrogen and oxygen atoms in total. The second-order valence-corrected chi connectivity index (χ2v) is 5.70. The van der Waals surface area contributed by atoms with Crippen LogP contribution in [0.15, 0.2) is 10.5 Å². The first-order valence-electron chi connectivity index (χ1n) is 7.71. The number of rotatable bonds is 6. The van der Waals surface area contributed by atoms with Gasteiger partial charge in [-0.1, -0.05) is 26.2 Å². The average molecular weight is 264 g/mol. The van der Waals surface area contributed by atoms with Crippen LogP contribution < -0.4 is 5.32 Å². The third kappa shape index (κ3) is 3.83. The van der Waals surface area contributed by atoms with E-state index >= 15 is 0 Å². The number of aryl methyl sites for hydroxylation is 1. The number of nitrogens with zero attached hydrogens (tertiary/aromatic N) is 1. The lowest BCUT2D eigenvalue weighted by atomic mass is 9.94. The third-order valence-corrected chi connectivity index (χ3v) is 4.27. The maximum Gasteiger partial charge on any atom is 0.120 e. The van der Waals surface area contributed by atoms with Crippen LogP contribution in [0.4, 0.5) is 0 Å². The molecular weight excluding hydrogens is 236 g/mol. The van der Waals surface area contributed by atoms with E-state index in [0.717, 1.165) is 37.2 Å². The van der Waals surface area contributed by atoms with E-state index in [1.54, 1.807) is 0 Å². The standard InChI is InChI=1S/C16H28N2O/c1-4-18(14-8-6-5-7-9-14)12-15-10-13(2)16(19-15)11-17-3/h10,14,17H,4-9,11-12H2,1-3H3. The first-order chi connectivity index (χ1) is 9.24. The normalized spacial score (nSPS) is 17.3. The van der Waals surface area contributed by atoms with Crippen molar-refractivity contribution in [1.29, 1.82) is 0 Å². The molecular formula is C16H28N2O. The first kappa shape index (κ1) is 14.6. The summed E-state index contributed by atoms with van der Waals surface area (Å²) in [4.78, 5) is 2.58. The predicted octanol–water partition coefficient (Wildman–Crippen LogP) is 3.46. The van der Waals surface area contributed by atoms with Crippen molar-refractivity contribution in [3.05, 3.63) is 23.2 Å². The van der Waals surface area contributed by atoms with E-state index in [1.165, 1.54) is 37.7 Å². The molecule has 3 heteroatoms. The molecule has 0 amide bonds. The van der Waals surface area contributed by atoms with Gasteiger partial charge in [0, 0.05) is 6.04 Å². The zero-order valence-corrected chi connectivity index (χ0v) is 12.7. The van der Waals surface area contributed by atoms with Gasteiger partial charge in [0.05, 0.1) is 13.1 Å². The molecule has 0 unspecified atom stereocenters. The molecule has 0 aromatic carbocycles. The van der Waals surface area contributed by atoms with Crippen LogP contribution in [0.2, 0.25) is 0 Å². The Balaban J connectivity index is 1.98. The molecule has 0 bridgehead atoms. The second-order valence-electron chi connectivity index (χ2n) is 5.70. The van der Waals surface area contributed by atoms with Gasteiger partial charge in [-0.15, -0.1) is 0 Å². The Morgan fingerprint density at radius 3 is 2.68 bits per heavy atom. The highest BCUT2D eigenvalue weighted by atomic mass is 16.3. The molecule has 108 valence electrons. The zero-order chi connectivity index (χ0) is 13.7. The molecule has 0 aliphatic heterocycles. The van der Waals surface area contributed by atoms with Crippen molar-refractivity contribution in [1.82, 2.24) is 10.2 Å². The van der Waals surface area contributed by atoms with E-state index in [0.29, 0.717) is 0 Å². The van der Waals surface area contributed by atoms with Crippen molar-refractivity contribution >= 4 is 0 Å². The minimum Gasteiger partial charge on any atom is -0.463 e. The average Bonchev–Trinajstić information content (AvgIpc) is 2.78. The van der Waals surface area contributed by atoms with E-state index in [2.05, 4.69) is 30.1 Å². The van der Waals surface area contributed by atoms with Crippen LogP contribution in [-0.2, 0) is 13.1 Å². The predicted molar refractivity (Wildman–Crippen MR) is 79.2 cm³/mol. The van der Waals surface area contributed by atoms with Crippen molar-refractivity contribution in [2.75, 3.05) is 13.6 Å². The number of nitrogens with one attached hydrogen (secondary N) is 1. The number of hydrogen-bond donors (Lipinski definition) is 1. The summed E-state index contributed by atoms with van der Waals surface area (Å²) in [5.41, 5.74) is 1.27. The molecule has 0 atom stereocenters. The highest BCUT2D eigenvalue weighted by molar-refractivity contribution is 5.20. The van der Waals surface area contributed by atoms with Crippen molar-refractivity contribution in [3.63, 3.8) is 0 Å². The van der Waals surface area contributed by atoms with Crippen LogP contribution >= 0.6 is 0 Å². The third-order valence-electron chi connectivity index (χ3n) is 4.27. The Hall–Kier alpha value is -0.800. The summed E-state index contributed by atoms with van der Waals surface area (Å²) < 4.78 is 5.97. The lowest BCUT2D eigenvalue weighted by Crippen LogP contribution is -2.35. The largest absolute Gasteiger partial charge is 0.463 e. The van der Waals surface area contributed by atoms with Gasteiger partial charge in [-0.2, -0.15) is 0 Å². The maximum absolute atomic E-state index is 5.97. The molecule has 1 saturated carbocycles. The molecule has 1 fully saturated rings. The van der Waals surface area contributed by atoms with Gasteiger partial charge in [0.25, 0.3) is 0 Å². The van der Waals surface area contributed by atoms with E-state index in [1.807, 2.05) is 7.05 Å². The highest BCUT2D eigenvalue weighted by Gasteiger charge is 2.21. The SMILES string of the molecule is CCN(Cc1cc(C)c(CNC)o1)C1CCCCC1. The van der Waals surface area contributed by atoms with Gasteiger partial charge in [0.2, 0.25) is 0 Å². The van der Waals surface area contributed by atoms with Crippen LogP contribution in [0, 0.1) is 6.92 Å². The van der Waals surface area contributed by atoms with Gasteiger partial charge in [-0.3, -0.25) is 4.90 Å². The van der Waals surface area contributed by atoms with Crippen molar-refractivity contribution < 1.29 is 4.42 Å². The summed E-state index contributed by atoms with van der Waals surface area (Å²) in [5.74, 6) is 2.20. The molecule has 1 N–H and O–H groups in total. The molecule has 1 heterocycles. The maximum atomic E-state index is 5.97. The lowest BCUT2D eigenvalue weighted by Gasteiger charge is -2.32. The topological polar surface area (TPSA) is 28.4 Å². The van der Waals surface area contributed by atoms with Crippen molar-refractivity contribution in [2.45, 2.75) is 65.1 Å². The van der Waals surface area contributed by atoms with Gasteiger partial charge in [-0.25, -0.2) is 0 Å². The van der Waals surface area contributed by atoms with E-state index in [9.17, 15) is 0 Å². The molecule has 2 rings (SSSR count). The zero-order valence-electron chi connectivity index (χ0n) is 12.7. The molecule has 1 aromatic rings. The molecule has 1 aromatic heterocycles. The fourth-order valence-electron chi connectivity index (χ4n) is 3.15. The van der Waals surface area contributed by atoms with Gasteiger partial charge in [0.15, 0.2) is 0 Å². The van der Waals surface area contributed by atoms with Gasteiger partial charge in [-0.05, 0) is 45.0 Å². The van der Waals surface area contributed by atoms with Crippen molar-refractivity contribution in [2.24, 2.45) is 0 Å². The monoisotopic (exact) mass is 264 g/mol. The number of hydrogen-bond acceptors (Lipinski definition) is 3. The van der Waals surface area contributed by atoms with Crippen LogP contribution in [0.1, 0.15) is 56.1 Å². The molecule has 0 radical (unpaired) electrons. The fraction of sp³-hybridized carbons (Fsp3) is 0.750. The quantitative estimate of drug-likeness (QED) is 0.853. The lowest BCUT2D eigenvalue weighted by molar-refractivity contribution is 0.144. The summed E-state index contributed by atoms with van der Waals surface area (Å²) in [6, 6.07) is 2.97. The Bertz CT molecular complexity index is 380. The summed E-state index contributed by atoms with van der Waals surface area (Å²) >= 11 is 0. The Morgan fingerprint density at radius 1 is 1.32 bits per heavy atom. The molecule has 19 heavy (non-hydrogen) atoms. The summed E-state index contributed by atoms with van der Waals surface area (Å²) in [6.07, 6.45) is 6.92.